The molecule has 1 N–H and O–H groups in total. The molecule has 6 rings (SSSR count). The lowest BCUT2D eigenvalue weighted by atomic mass is 9.53. The largest absolute Gasteiger partial charge is 0.349 e. The van der Waals surface area contributed by atoms with Gasteiger partial charge in [0.2, 0.25) is 5.91 Å². The van der Waals surface area contributed by atoms with Crippen LogP contribution >= 0.6 is 0 Å². The van der Waals surface area contributed by atoms with Gasteiger partial charge in [-0.1, -0.05) is 19.1 Å². The number of nitrogens with zero attached hydrogens (tertiary/aromatic N) is 2. The Kier molecular flexibility index (Phi) is 3.44. The Balaban J connectivity index is 1.38. The van der Waals surface area contributed by atoms with Gasteiger partial charge in [-0.05, 0) is 68.4 Å². The first kappa shape index (κ1) is 15.4. The molecule has 0 aliphatic heterocycles. The number of fused-ring (bicyclic) bond motifs is 1. The van der Waals surface area contributed by atoms with Gasteiger partial charge in [-0.25, -0.2) is 4.98 Å². The Morgan fingerprint density at radius 3 is 2.44 bits per heavy atom. The van der Waals surface area contributed by atoms with E-state index in [1.165, 1.54) is 38.5 Å². The molecule has 0 atom stereocenters. The van der Waals surface area contributed by atoms with Crippen molar-refractivity contribution in [1.29, 1.82) is 0 Å². The van der Waals surface area contributed by atoms with Crippen molar-refractivity contribution in [2.45, 2.75) is 64.0 Å². The lowest BCUT2D eigenvalue weighted by Gasteiger charge is -2.56. The summed E-state index contributed by atoms with van der Waals surface area (Å²) in [4.78, 5) is 17.6. The Hall–Kier alpha value is -1.84. The van der Waals surface area contributed by atoms with E-state index in [-0.39, 0.29) is 11.4 Å². The van der Waals surface area contributed by atoms with E-state index in [2.05, 4.69) is 22.9 Å². The third-order valence-electron chi connectivity index (χ3n) is 6.79. The van der Waals surface area contributed by atoms with Gasteiger partial charge in [-0.15, -0.1) is 0 Å². The zero-order valence-electron chi connectivity index (χ0n) is 15.0. The summed E-state index contributed by atoms with van der Waals surface area (Å²) in [7, 11) is 0. The lowest BCUT2D eigenvalue weighted by molar-refractivity contribution is -0.127. The fourth-order valence-electron chi connectivity index (χ4n) is 6.31. The Labute approximate surface area is 149 Å². The summed E-state index contributed by atoms with van der Waals surface area (Å²) in [5, 5.41) is 3.49. The molecule has 1 aromatic carbocycles. The van der Waals surface area contributed by atoms with E-state index in [1.54, 1.807) is 0 Å². The standard InChI is InChI=1S/C21H27N3O/c1-2-19-22-17-5-3-4-6-18(17)24(19)13-20(25)23-21-10-14-7-15(11-21)9-16(8-14)12-21/h3-6,14-16H,2,7-13H2,1H3,(H,23,25). The number of benzene rings is 1. The van der Waals surface area contributed by atoms with Gasteiger partial charge in [-0.3, -0.25) is 4.79 Å². The average Bonchev–Trinajstić information content (AvgIpc) is 2.91. The van der Waals surface area contributed by atoms with Gasteiger partial charge in [0.05, 0.1) is 11.0 Å². The van der Waals surface area contributed by atoms with Crippen molar-refractivity contribution in [3.05, 3.63) is 30.1 Å². The molecule has 1 amide bonds. The van der Waals surface area contributed by atoms with E-state index in [9.17, 15) is 4.79 Å². The van der Waals surface area contributed by atoms with Crippen LogP contribution in [0.1, 0.15) is 51.3 Å². The fourth-order valence-corrected chi connectivity index (χ4v) is 6.31. The van der Waals surface area contributed by atoms with Gasteiger partial charge in [0.25, 0.3) is 0 Å². The SMILES string of the molecule is CCc1nc2ccccc2n1CC(=O)NC12CC3CC(CC(C3)C1)C2. The summed E-state index contributed by atoms with van der Waals surface area (Å²) in [5.74, 6) is 3.73. The summed E-state index contributed by atoms with van der Waals surface area (Å²) >= 11 is 0. The first-order chi connectivity index (χ1) is 12.1. The lowest BCUT2D eigenvalue weighted by Crippen LogP contribution is -2.60. The number of carbonyl (C=O) groups is 1. The van der Waals surface area contributed by atoms with Crippen molar-refractivity contribution in [2.24, 2.45) is 17.8 Å². The number of hydrogen-bond donors (Lipinski definition) is 1. The number of carbonyl (C=O) groups excluding carboxylic acids is 1. The average molecular weight is 337 g/mol. The van der Waals surface area contributed by atoms with E-state index in [0.29, 0.717) is 6.54 Å². The third kappa shape index (κ3) is 2.57. The highest BCUT2D eigenvalue weighted by molar-refractivity contribution is 5.81. The molecule has 4 saturated carbocycles. The van der Waals surface area contributed by atoms with Crippen molar-refractivity contribution in [3.63, 3.8) is 0 Å². The predicted molar refractivity (Wildman–Crippen MR) is 98.2 cm³/mol. The van der Waals surface area contributed by atoms with E-state index >= 15 is 0 Å². The normalized spacial score (nSPS) is 33.1. The van der Waals surface area contributed by atoms with Crippen molar-refractivity contribution in [3.8, 4) is 0 Å². The number of aromatic nitrogens is 2. The zero-order valence-corrected chi connectivity index (χ0v) is 15.0. The maximum atomic E-state index is 12.9. The maximum Gasteiger partial charge on any atom is 0.240 e. The van der Waals surface area contributed by atoms with Crippen LogP contribution in [0.25, 0.3) is 11.0 Å². The second-order valence-electron chi connectivity index (χ2n) is 8.70. The van der Waals surface area contributed by atoms with Crippen LogP contribution in [0, 0.1) is 17.8 Å². The number of rotatable bonds is 4. The van der Waals surface area contributed by atoms with E-state index in [0.717, 1.165) is 41.0 Å². The Bertz CT molecular complexity index is 786. The van der Waals surface area contributed by atoms with Crippen LogP contribution in [0.15, 0.2) is 24.3 Å². The number of para-hydroxylation sites is 2. The topological polar surface area (TPSA) is 46.9 Å². The summed E-state index contributed by atoms with van der Waals surface area (Å²) < 4.78 is 2.10. The molecular formula is C21H27N3O. The van der Waals surface area contributed by atoms with Crippen LogP contribution < -0.4 is 5.32 Å². The molecule has 1 heterocycles. The number of nitrogens with one attached hydrogen (secondary N) is 1. The van der Waals surface area contributed by atoms with Gasteiger partial charge in [0.15, 0.2) is 0 Å². The van der Waals surface area contributed by atoms with Crippen LogP contribution in [0.4, 0.5) is 0 Å². The van der Waals surface area contributed by atoms with Crippen LogP contribution in [-0.4, -0.2) is 21.0 Å². The van der Waals surface area contributed by atoms with Gasteiger partial charge >= 0.3 is 0 Å². The number of imidazole rings is 1. The zero-order chi connectivity index (χ0) is 17.0. The van der Waals surface area contributed by atoms with Gasteiger partial charge < -0.3 is 9.88 Å². The molecule has 4 bridgehead atoms. The molecule has 4 nitrogen and oxygen atoms in total. The van der Waals surface area contributed by atoms with E-state index < -0.39 is 0 Å². The molecule has 4 aliphatic rings. The summed E-state index contributed by atoms with van der Waals surface area (Å²) in [6.45, 7) is 2.50. The van der Waals surface area contributed by atoms with Gasteiger partial charge in [0, 0.05) is 12.0 Å². The van der Waals surface area contributed by atoms with Crippen LogP contribution in [0.5, 0.6) is 0 Å². The van der Waals surface area contributed by atoms with Gasteiger partial charge in [-0.2, -0.15) is 0 Å². The number of hydrogen-bond acceptors (Lipinski definition) is 2. The molecule has 0 unspecified atom stereocenters. The smallest absolute Gasteiger partial charge is 0.240 e. The molecule has 4 fully saturated rings. The van der Waals surface area contributed by atoms with E-state index in [4.69, 9.17) is 4.98 Å². The van der Waals surface area contributed by atoms with Crippen molar-refractivity contribution in [1.82, 2.24) is 14.9 Å². The Morgan fingerprint density at radius 1 is 1.16 bits per heavy atom. The highest BCUT2D eigenvalue weighted by atomic mass is 16.2. The molecule has 1 aromatic heterocycles. The number of amides is 1. The molecule has 2 aromatic rings. The quantitative estimate of drug-likeness (QED) is 0.925. The third-order valence-corrected chi connectivity index (χ3v) is 6.79. The van der Waals surface area contributed by atoms with Crippen molar-refractivity contribution < 1.29 is 4.79 Å². The minimum atomic E-state index is 0.0919. The molecular weight excluding hydrogens is 310 g/mol. The minimum absolute atomic E-state index is 0.0919. The fraction of sp³-hybridized carbons (Fsp3) is 0.619. The van der Waals surface area contributed by atoms with E-state index in [1.807, 2.05) is 18.2 Å². The Morgan fingerprint density at radius 2 is 1.80 bits per heavy atom. The molecule has 4 heteroatoms. The molecule has 0 saturated heterocycles. The maximum absolute atomic E-state index is 12.9. The molecule has 0 spiro atoms. The molecule has 25 heavy (non-hydrogen) atoms. The number of aryl methyl sites for hydroxylation is 1. The second-order valence-corrected chi connectivity index (χ2v) is 8.70. The molecule has 4 aliphatic carbocycles. The summed E-state index contributed by atoms with van der Waals surface area (Å²) in [6.07, 6.45) is 8.67. The summed E-state index contributed by atoms with van der Waals surface area (Å²) in [5.41, 5.74) is 2.15. The first-order valence-corrected chi connectivity index (χ1v) is 9.89. The van der Waals surface area contributed by atoms with Crippen molar-refractivity contribution >= 4 is 16.9 Å². The predicted octanol–water partition coefficient (Wildman–Crippen LogP) is 3.68. The van der Waals surface area contributed by atoms with Crippen LogP contribution in [0.3, 0.4) is 0 Å². The van der Waals surface area contributed by atoms with Gasteiger partial charge in [0.1, 0.15) is 12.4 Å². The first-order valence-electron chi connectivity index (χ1n) is 9.89. The second kappa shape index (κ2) is 5.58. The monoisotopic (exact) mass is 337 g/mol. The molecule has 0 radical (unpaired) electrons. The van der Waals surface area contributed by atoms with Crippen LogP contribution in [-0.2, 0) is 17.8 Å². The highest BCUT2D eigenvalue weighted by Gasteiger charge is 2.51. The highest BCUT2D eigenvalue weighted by Crippen LogP contribution is 2.55. The molecule has 132 valence electrons. The van der Waals surface area contributed by atoms with Crippen molar-refractivity contribution in [2.75, 3.05) is 0 Å². The minimum Gasteiger partial charge on any atom is -0.349 e. The van der Waals surface area contributed by atoms with Crippen LogP contribution in [0.2, 0.25) is 0 Å². The summed E-state index contributed by atoms with van der Waals surface area (Å²) in [6, 6.07) is 8.13.